The lowest BCUT2D eigenvalue weighted by Crippen LogP contribution is -2.56. The highest BCUT2D eigenvalue weighted by Gasteiger charge is 2.51. The third-order valence-electron chi connectivity index (χ3n) is 5.62. The standard InChI is InChI=1S/C20H29NO5/c1-14-3-6-16(17(11-14)25-2)26-10-9-21-8-7-18(22)20(13-21,19(23)24)12-15-4-5-15/h3,6,11,15,18,22H,4-5,7-10,12-13H2,1-2H3,(H,23,24)/t18-,20+/m1/s1. The molecule has 1 saturated carbocycles. The highest BCUT2D eigenvalue weighted by molar-refractivity contribution is 5.76. The Hall–Kier alpha value is -1.79. The summed E-state index contributed by atoms with van der Waals surface area (Å²) >= 11 is 0. The molecule has 26 heavy (non-hydrogen) atoms. The Balaban J connectivity index is 1.59. The van der Waals surface area contributed by atoms with Crippen molar-refractivity contribution in [2.45, 2.75) is 38.7 Å². The van der Waals surface area contributed by atoms with Crippen molar-refractivity contribution in [2.75, 3.05) is 33.4 Å². The Labute approximate surface area is 154 Å². The van der Waals surface area contributed by atoms with Crippen molar-refractivity contribution in [1.29, 1.82) is 0 Å². The zero-order valence-corrected chi connectivity index (χ0v) is 15.6. The molecular formula is C20H29NO5. The summed E-state index contributed by atoms with van der Waals surface area (Å²) < 4.78 is 11.2. The number of carboxylic acids is 1. The lowest BCUT2D eigenvalue weighted by atomic mass is 9.73. The van der Waals surface area contributed by atoms with Gasteiger partial charge in [0.05, 0.1) is 13.2 Å². The topological polar surface area (TPSA) is 79.2 Å². The largest absolute Gasteiger partial charge is 0.493 e. The molecule has 1 aliphatic carbocycles. The summed E-state index contributed by atoms with van der Waals surface area (Å²) in [5, 5.41) is 20.2. The second-order valence-electron chi connectivity index (χ2n) is 7.69. The molecule has 1 aromatic rings. The van der Waals surface area contributed by atoms with E-state index in [9.17, 15) is 15.0 Å². The van der Waals surface area contributed by atoms with Crippen LogP contribution >= 0.6 is 0 Å². The summed E-state index contributed by atoms with van der Waals surface area (Å²) in [4.78, 5) is 14.1. The zero-order valence-electron chi connectivity index (χ0n) is 15.6. The number of aryl methyl sites for hydroxylation is 1. The molecule has 0 bridgehead atoms. The maximum absolute atomic E-state index is 12.0. The quantitative estimate of drug-likeness (QED) is 0.738. The van der Waals surface area contributed by atoms with Crippen molar-refractivity contribution >= 4 is 5.97 Å². The number of hydrogen-bond acceptors (Lipinski definition) is 5. The minimum absolute atomic E-state index is 0.383. The van der Waals surface area contributed by atoms with E-state index in [0.717, 1.165) is 18.4 Å². The van der Waals surface area contributed by atoms with Crippen LogP contribution in [0.25, 0.3) is 0 Å². The minimum atomic E-state index is -1.04. The molecule has 2 N–H and O–H groups in total. The van der Waals surface area contributed by atoms with Crippen LogP contribution in [0.15, 0.2) is 18.2 Å². The van der Waals surface area contributed by atoms with E-state index < -0.39 is 17.5 Å². The number of aliphatic hydroxyl groups excluding tert-OH is 1. The fraction of sp³-hybridized carbons (Fsp3) is 0.650. The van der Waals surface area contributed by atoms with Crippen molar-refractivity contribution in [3.05, 3.63) is 23.8 Å². The van der Waals surface area contributed by atoms with Gasteiger partial charge in [-0.05, 0) is 43.4 Å². The number of aliphatic hydroxyl groups is 1. The van der Waals surface area contributed by atoms with Crippen LogP contribution in [-0.4, -0.2) is 60.5 Å². The predicted octanol–water partition coefficient (Wildman–Crippen LogP) is 2.32. The Kier molecular flexibility index (Phi) is 5.73. The maximum Gasteiger partial charge on any atom is 0.313 e. The molecule has 1 aromatic carbocycles. The third kappa shape index (κ3) is 4.13. The van der Waals surface area contributed by atoms with Gasteiger partial charge in [-0.3, -0.25) is 9.69 Å². The molecule has 2 aliphatic rings. The Morgan fingerprint density at radius 3 is 2.73 bits per heavy atom. The molecule has 0 amide bonds. The first-order valence-corrected chi connectivity index (χ1v) is 9.36. The normalized spacial score (nSPS) is 26.5. The van der Waals surface area contributed by atoms with E-state index in [-0.39, 0.29) is 0 Å². The molecule has 0 spiro atoms. The average molecular weight is 363 g/mol. The zero-order chi connectivity index (χ0) is 18.7. The number of ether oxygens (including phenoxy) is 2. The number of hydrogen-bond donors (Lipinski definition) is 2. The van der Waals surface area contributed by atoms with Crippen molar-refractivity contribution in [2.24, 2.45) is 11.3 Å². The average Bonchev–Trinajstić information content (AvgIpc) is 3.42. The molecule has 2 fully saturated rings. The van der Waals surface area contributed by atoms with Gasteiger partial charge >= 0.3 is 5.97 Å². The second-order valence-corrected chi connectivity index (χ2v) is 7.69. The van der Waals surface area contributed by atoms with Crippen LogP contribution in [0.3, 0.4) is 0 Å². The van der Waals surface area contributed by atoms with Crippen LogP contribution in [0.4, 0.5) is 0 Å². The smallest absolute Gasteiger partial charge is 0.313 e. The molecule has 0 radical (unpaired) electrons. The van der Waals surface area contributed by atoms with Gasteiger partial charge in [0.1, 0.15) is 12.0 Å². The first kappa shape index (κ1) is 19.0. The van der Waals surface area contributed by atoms with Gasteiger partial charge < -0.3 is 19.7 Å². The Morgan fingerprint density at radius 1 is 1.31 bits per heavy atom. The lowest BCUT2D eigenvalue weighted by Gasteiger charge is -2.43. The third-order valence-corrected chi connectivity index (χ3v) is 5.62. The van der Waals surface area contributed by atoms with E-state index >= 15 is 0 Å². The van der Waals surface area contributed by atoms with Crippen LogP contribution in [0.1, 0.15) is 31.2 Å². The van der Waals surface area contributed by atoms with Gasteiger partial charge in [0, 0.05) is 19.6 Å². The number of rotatable bonds is 8. The van der Waals surface area contributed by atoms with Crippen molar-refractivity contribution in [3.8, 4) is 11.5 Å². The van der Waals surface area contributed by atoms with Gasteiger partial charge in [0.15, 0.2) is 11.5 Å². The molecule has 1 aliphatic heterocycles. The summed E-state index contributed by atoms with van der Waals surface area (Å²) in [6.45, 7) is 4.15. The van der Waals surface area contributed by atoms with Crippen LogP contribution in [0, 0.1) is 18.3 Å². The van der Waals surface area contributed by atoms with E-state index in [2.05, 4.69) is 4.90 Å². The summed E-state index contributed by atoms with van der Waals surface area (Å²) in [7, 11) is 1.62. The van der Waals surface area contributed by atoms with Crippen LogP contribution in [-0.2, 0) is 4.79 Å². The van der Waals surface area contributed by atoms with E-state index in [4.69, 9.17) is 9.47 Å². The molecule has 0 aromatic heterocycles. The number of carboxylic acid groups (broad SMARTS) is 1. The molecular weight excluding hydrogens is 334 g/mol. The predicted molar refractivity (Wildman–Crippen MR) is 97.7 cm³/mol. The van der Waals surface area contributed by atoms with Crippen LogP contribution < -0.4 is 9.47 Å². The number of methoxy groups -OCH3 is 1. The number of benzene rings is 1. The second kappa shape index (κ2) is 7.84. The molecule has 1 heterocycles. The lowest BCUT2D eigenvalue weighted by molar-refractivity contribution is -0.165. The summed E-state index contributed by atoms with van der Waals surface area (Å²) in [5.41, 5.74) is 0.0616. The van der Waals surface area contributed by atoms with E-state index in [0.29, 0.717) is 56.5 Å². The van der Waals surface area contributed by atoms with Crippen molar-refractivity contribution < 1.29 is 24.5 Å². The fourth-order valence-electron chi connectivity index (χ4n) is 3.87. The summed E-state index contributed by atoms with van der Waals surface area (Å²) in [6, 6.07) is 5.79. The number of piperidine rings is 1. The van der Waals surface area contributed by atoms with Gasteiger partial charge in [0.2, 0.25) is 0 Å². The first-order chi connectivity index (χ1) is 12.4. The summed E-state index contributed by atoms with van der Waals surface area (Å²) in [5.74, 6) is 0.974. The van der Waals surface area contributed by atoms with Gasteiger partial charge in [-0.25, -0.2) is 0 Å². The number of nitrogens with zero attached hydrogens (tertiary/aromatic N) is 1. The highest BCUT2D eigenvalue weighted by atomic mass is 16.5. The molecule has 144 valence electrons. The minimum Gasteiger partial charge on any atom is -0.493 e. The Bertz CT molecular complexity index is 645. The fourth-order valence-corrected chi connectivity index (χ4v) is 3.87. The Morgan fingerprint density at radius 2 is 2.08 bits per heavy atom. The molecule has 3 rings (SSSR count). The van der Waals surface area contributed by atoms with Gasteiger partial charge in [0.25, 0.3) is 0 Å². The number of carbonyl (C=O) groups is 1. The van der Waals surface area contributed by atoms with E-state index in [1.165, 1.54) is 0 Å². The van der Waals surface area contributed by atoms with Crippen molar-refractivity contribution in [3.63, 3.8) is 0 Å². The summed E-state index contributed by atoms with van der Waals surface area (Å²) in [6.07, 6.45) is 2.46. The molecule has 6 nitrogen and oxygen atoms in total. The number of aliphatic carboxylic acids is 1. The SMILES string of the molecule is COc1cc(C)ccc1OCCN1CC[C@@H](O)[C@@](CC2CC2)(C(=O)O)C1. The first-order valence-electron chi connectivity index (χ1n) is 9.36. The van der Waals surface area contributed by atoms with E-state index in [1.807, 2.05) is 25.1 Å². The number of likely N-dealkylation sites (tertiary alicyclic amines) is 1. The molecule has 0 unspecified atom stereocenters. The van der Waals surface area contributed by atoms with E-state index in [1.54, 1.807) is 7.11 Å². The van der Waals surface area contributed by atoms with Gasteiger partial charge in [-0.15, -0.1) is 0 Å². The molecule has 2 atom stereocenters. The molecule has 6 heteroatoms. The van der Waals surface area contributed by atoms with Gasteiger partial charge in [-0.1, -0.05) is 18.9 Å². The monoisotopic (exact) mass is 363 g/mol. The van der Waals surface area contributed by atoms with Gasteiger partial charge in [-0.2, -0.15) is 0 Å². The van der Waals surface area contributed by atoms with Crippen LogP contribution in [0.5, 0.6) is 11.5 Å². The van der Waals surface area contributed by atoms with Crippen molar-refractivity contribution in [1.82, 2.24) is 4.90 Å². The van der Waals surface area contributed by atoms with Crippen LogP contribution in [0.2, 0.25) is 0 Å². The highest BCUT2D eigenvalue weighted by Crippen LogP contribution is 2.45. The molecule has 1 saturated heterocycles. The maximum atomic E-state index is 12.0.